The van der Waals surface area contributed by atoms with Crippen LogP contribution in [0.25, 0.3) is 0 Å². The Hall–Kier alpha value is -1.47. The van der Waals surface area contributed by atoms with Gasteiger partial charge in [-0.25, -0.2) is 17.9 Å². The van der Waals surface area contributed by atoms with Gasteiger partial charge in [0.05, 0.1) is 0 Å². The summed E-state index contributed by atoms with van der Waals surface area (Å²) >= 11 is 0. The molecule has 0 radical (unpaired) electrons. The summed E-state index contributed by atoms with van der Waals surface area (Å²) in [5.74, 6) is -1.17. The Morgan fingerprint density at radius 2 is 2.14 bits per heavy atom. The molecule has 0 spiro atoms. The number of rotatable bonds is 3. The van der Waals surface area contributed by atoms with E-state index in [-0.39, 0.29) is 23.1 Å². The fourth-order valence-electron chi connectivity index (χ4n) is 2.76. The second kappa shape index (κ2) is 5.73. The van der Waals surface area contributed by atoms with Crippen molar-refractivity contribution >= 4 is 15.9 Å². The predicted molar refractivity (Wildman–Crippen MR) is 76.9 cm³/mol. The topological polar surface area (TPSA) is 80.5 Å². The lowest BCUT2D eigenvalue weighted by molar-refractivity contribution is 0.0733. The number of amides is 1. The van der Waals surface area contributed by atoms with Crippen molar-refractivity contribution in [1.29, 1.82) is 0 Å². The molecule has 0 saturated carbocycles. The molecule has 2 rings (SSSR count). The summed E-state index contributed by atoms with van der Waals surface area (Å²) in [5, 5.41) is 5.01. The minimum atomic E-state index is -4.20. The molecule has 1 amide bonds. The van der Waals surface area contributed by atoms with E-state index in [0.717, 1.165) is 25.3 Å². The largest absolute Gasteiger partial charge is 0.336 e. The number of benzene rings is 1. The molecule has 7 heteroatoms. The molecule has 21 heavy (non-hydrogen) atoms. The normalized spacial score (nSPS) is 19.0. The van der Waals surface area contributed by atoms with Gasteiger partial charge in [0, 0.05) is 18.2 Å². The lowest BCUT2D eigenvalue weighted by Gasteiger charge is -2.24. The van der Waals surface area contributed by atoms with E-state index in [1.165, 1.54) is 13.0 Å². The molecule has 1 aromatic carbocycles. The Bertz CT molecular complexity index is 673. The quantitative estimate of drug-likeness (QED) is 0.923. The zero-order chi connectivity index (χ0) is 15.8. The van der Waals surface area contributed by atoms with E-state index < -0.39 is 20.7 Å². The first kappa shape index (κ1) is 15.9. The summed E-state index contributed by atoms with van der Waals surface area (Å²) in [5.41, 5.74) is 0.260. The molecule has 1 heterocycles. The molecule has 2 N–H and O–H groups in total. The fourth-order valence-corrected chi connectivity index (χ4v) is 3.46. The van der Waals surface area contributed by atoms with Crippen LogP contribution >= 0.6 is 0 Å². The molecule has 1 aromatic rings. The number of aryl methyl sites for hydroxylation is 1. The number of nitrogens with zero attached hydrogens (tertiary/aromatic N) is 1. The summed E-state index contributed by atoms with van der Waals surface area (Å²) in [6.45, 7) is 4.06. The summed E-state index contributed by atoms with van der Waals surface area (Å²) in [7, 11) is -4.20. The van der Waals surface area contributed by atoms with E-state index in [0.29, 0.717) is 6.54 Å². The molecule has 5 nitrogen and oxygen atoms in total. The van der Waals surface area contributed by atoms with Gasteiger partial charge in [-0.2, -0.15) is 0 Å². The highest BCUT2D eigenvalue weighted by Gasteiger charge is 2.29. The van der Waals surface area contributed by atoms with Gasteiger partial charge in [-0.1, -0.05) is 6.92 Å². The van der Waals surface area contributed by atoms with Gasteiger partial charge in [0.2, 0.25) is 10.0 Å². The van der Waals surface area contributed by atoms with Crippen LogP contribution in [0.5, 0.6) is 0 Å². The van der Waals surface area contributed by atoms with Crippen molar-refractivity contribution in [2.45, 2.75) is 44.0 Å². The average molecular weight is 314 g/mol. The highest BCUT2D eigenvalue weighted by atomic mass is 32.2. The third kappa shape index (κ3) is 3.08. The molecule has 0 aliphatic carbocycles. The standard InChI is InChI=1S/C14H19FN2O3S/c1-3-11-5-4-6-17(11)14(18)10-7-9(2)13(15)12(8-10)21(16,19)20/h7-8,11H,3-6H2,1-2H3,(H2,16,19,20). The maximum Gasteiger partial charge on any atom is 0.254 e. The van der Waals surface area contributed by atoms with Crippen molar-refractivity contribution in [3.8, 4) is 0 Å². The molecule has 1 unspecified atom stereocenters. The zero-order valence-electron chi connectivity index (χ0n) is 12.1. The summed E-state index contributed by atoms with van der Waals surface area (Å²) < 4.78 is 36.7. The van der Waals surface area contributed by atoms with Crippen LogP contribution in [0.3, 0.4) is 0 Å². The lowest BCUT2D eigenvalue weighted by atomic mass is 10.1. The number of carbonyl (C=O) groups excluding carboxylic acids is 1. The molecule has 1 atom stereocenters. The molecule has 1 aliphatic heterocycles. The molecular formula is C14H19FN2O3S. The summed E-state index contributed by atoms with van der Waals surface area (Å²) in [6, 6.07) is 2.56. The van der Waals surface area contributed by atoms with Gasteiger partial charge < -0.3 is 4.90 Å². The second-order valence-corrected chi connectivity index (χ2v) is 6.88. The van der Waals surface area contributed by atoms with Crippen molar-refractivity contribution < 1.29 is 17.6 Å². The number of hydrogen-bond acceptors (Lipinski definition) is 3. The second-order valence-electron chi connectivity index (χ2n) is 5.35. The summed E-state index contributed by atoms with van der Waals surface area (Å²) in [4.78, 5) is 13.6. The van der Waals surface area contributed by atoms with Crippen LogP contribution in [0.15, 0.2) is 17.0 Å². The first-order valence-corrected chi connectivity index (χ1v) is 8.44. The van der Waals surface area contributed by atoms with E-state index in [9.17, 15) is 17.6 Å². The fraction of sp³-hybridized carbons (Fsp3) is 0.500. The van der Waals surface area contributed by atoms with Crippen LogP contribution in [0.1, 0.15) is 42.1 Å². The number of carbonyl (C=O) groups is 1. The van der Waals surface area contributed by atoms with Crippen molar-refractivity contribution in [3.63, 3.8) is 0 Å². The monoisotopic (exact) mass is 314 g/mol. The molecule has 1 aliphatic rings. The Kier molecular flexibility index (Phi) is 4.34. The van der Waals surface area contributed by atoms with Crippen molar-refractivity contribution in [2.24, 2.45) is 5.14 Å². The van der Waals surface area contributed by atoms with Crippen LogP contribution in [0.2, 0.25) is 0 Å². The first-order chi connectivity index (χ1) is 9.75. The Morgan fingerprint density at radius 1 is 1.48 bits per heavy atom. The van der Waals surface area contributed by atoms with Gasteiger partial charge in [0.1, 0.15) is 10.7 Å². The smallest absolute Gasteiger partial charge is 0.254 e. The third-order valence-electron chi connectivity index (χ3n) is 3.88. The van der Waals surface area contributed by atoms with Crippen LogP contribution in [-0.2, 0) is 10.0 Å². The number of sulfonamides is 1. The lowest BCUT2D eigenvalue weighted by Crippen LogP contribution is -2.35. The van der Waals surface area contributed by atoms with Crippen LogP contribution in [-0.4, -0.2) is 31.8 Å². The number of hydrogen-bond donors (Lipinski definition) is 1. The van der Waals surface area contributed by atoms with Gasteiger partial charge in [-0.05, 0) is 43.9 Å². The van der Waals surface area contributed by atoms with Gasteiger partial charge in [0.15, 0.2) is 0 Å². The highest BCUT2D eigenvalue weighted by Crippen LogP contribution is 2.25. The van der Waals surface area contributed by atoms with Crippen LogP contribution < -0.4 is 5.14 Å². The van der Waals surface area contributed by atoms with Crippen LogP contribution in [0, 0.1) is 12.7 Å². The van der Waals surface area contributed by atoms with Crippen molar-refractivity contribution in [3.05, 3.63) is 29.1 Å². The van der Waals surface area contributed by atoms with E-state index in [1.54, 1.807) is 4.90 Å². The van der Waals surface area contributed by atoms with Gasteiger partial charge in [-0.15, -0.1) is 0 Å². The SMILES string of the molecule is CCC1CCCN1C(=O)c1cc(C)c(F)c(S(N)(=O)=O)c1. The maximum atomic E-state index is 13.9. The molecule has 0 aromatic heterocycles. The van der Waals surface area contributed by atoms with E-state index in [2.05, 4.69) is 0 Å². The Morgan fingerprint density at radius 3 is 2.71 bits per heavy atom. The van der Waals surface area contributed by atoms with Crippen LogP contribution in [0.4, 0.5) is 4.39 Å². The Balaban J connectivity index is 2.45. The predicted octanol–water partition coefficient (Wildman–Crippen LogP) is 1.80. The number of primary sulfonamides is 1. The molecule has 116 valence electrons. The minimum absolute atomic E-state index is 0.0946. The summed E-state index contributed by atoms with van der Waals surface area (Å²) in [6.07, 6.45) is 2.70. The number of halogens is 1. The van der Waals surface area contributed by atoms with Crippen molar-refractivity contribution in [1.82, 2.24) is 4.90 Å². The molecule has 1 saturated heterocycles. The van der Waals surface area contributed by atoms with Gasteiger partial charge in [-0.3, -0.25) is 4.79 Å². The number of nitrogens with two attached hydrogens (primary N) is 1. The van der Waals surface area contributed by atoms with E-state index in [1.807, 2.05) is 6.92 Å². The van der Waals surface area contributed by atoms with E-state index in [4.69, 9.17) is 5.14 Å². The zero-order valence-corrected chi connectivity index (χ0v) is 12.9. The molecule has 1 fully saturated rings. The molecular weight excluding hydrogens is 295 g/mol. The minimum Gasteiger partial charge on any atom is -0.336 e. The maximum absolute atomic E-state index is 13.9. The average Bonchev–Trinajstić information content (AvgIpc) is 2.87. The Labute approximate surface area is 124 Å². The van der Waals surface area contributed by atoms with E-state index >= 15 is 0 Å². The first-order valence-electron chi connectivity index (χ1n) is 6.89. The number of likely N-dealkylation sites (tertiary alicyclic amines) is 1. The molecule has 0 bridgehead atoms. The third-order valence-corrected chi connectivity index (χ3v) is 4.79. The van der Waals surface area contributed by atoms with Gasteiger partial charge in [0.25, 0.3) is 5.91 Å². The van der Waals surface area contributed by atoms with Crippen molar-refractivity contribution in [2.75, 3.05) is 6.54 Å². The highest BCUT2D eigenvalue weighted by molar-refractivity contribution is 7.89. The van der Waals surface area contributed by atoms with Gasteiger partial charge >= 0.3 is 0 Å².